The molecule has 1 rings (SSSR count). The Morgan fingerprint density at radius 1 is 1.45 bits per heavy atom. The molecule has 1 aromatic carbocycles. The molecule has 1 unspecified atom stereocenters. The summed E-state index contributed by atoms with van der Waals surface area (Å²) in [5.74, 6) is -0.0224. The van der Waals surface area contributed by atoms with E-state index >= 15 is 0 Å². The van der Waals surface area contributed by atoms with Gasteiger partial charge in [-0.1, -0.05) is 22.9 Å². The maximum absolute atomic E-state index is 13.0. The van der Waals surface area contributed by atoms with E-state index in [1.165, 1.54) is 23.9 Å². The van der Waals surface area contributed by atoms with Crippen molar-refractivity contribution in [1.82, 2.24) is 5.32 Å². The highest BCUT2D eigenvalue weighted by molar-refractivity contribution is 9.10. The number of rotatable bonds is 5. The summed E-state index contributed by atoms with van der Waals surface area (Å²) in [5, 5.41) is 2.64. The van der Waals surface area contributed by atoms with Crippen LogP contribution in [-0.2, 0) is 6.18 Å². The Balaban J connectivity index is 3.04. The van der Waals surface area contributed by atoms with Gasteiger partial charge in [0.05, 0.1) is 11.1 Å². The van der Waals surface area contributed by atoms with Gasteiger partial charge in [-0.25, -0.2) is 0 Å². The standard InChI is InChI=1S/C13H15BrF3NOS/c1-3-9(7-20-2)18-12(19)10-5-4-8(14)6-11(10)13(15,16)17/h4-6,9H,3,7H2,1-2H3,(H,18,19). The lowest BCUT2D eigenvalue weighted by atomic mass is 10.1. The average molecular weight is 370 g/mol. The number of carbonyl (C=O) groups is 1. The zero-order valence-electron chi connectivity index (χ0n) is 11.1. The first-order valence-corrected chi connectivity index (χ1v) is 8.14. The minimum Gasteiger partial charge on any atom is -0.348 e. The molecule has 0 radical (unpaired) electrons. The number of alkyl halides is 3. The molecule has 1 atom stereocenters. The van der Waals surface area contributed by atoms with Gasteiger partial charge in [-0.05, 0) is 30.9 Å². The molecule has 0 fully saturated rings. The SMILES string of the molecule is CCC(CSC)NC(=O)c1ccc(Br)cc1C(F)(F)F. The number of hydrogen-bond acceptors (Lipinski definition) is 2. The van der Waals surface area contributed by atoms with Gasteiger partial charge < -0.3 is 5.32 Å². The minimum absolute atomic E-state index is 0.137. The topological polar surface area (TPSA) is 29.1 Å². The van der Waals surface area contributed by atoms with Crippen molar-refractivity contribution in [3.63, 3.8) is 0 Å². The number of nitrogens with one attached hydrogen (secondary N) is 1. The molecule has 0 aliphatic rings. The summed E-state index contributed by atoms with van der Waals surface area (Å²) in [6, 6.07) is 3.40. The fourth-order valence-corrected chi connectivity index (χ4v) is 2.76. The highest BCUT2D eigenvalue weighted by Gasteiger charge is 2.35. The van der Waals surface area contributed by atoms with E-state index in [1.54, 1.807) is 0 Å². The second-order valence-corrected chi connectivity index (χ2v) is 6.05. The van der Waals surface area contributed by atoms with Gasteiger partial charge >= 0.3 is 6.18 Å². The number of benzene rings is 1. The van der Waals surface area contributed by atoms with Gasteiger partial charge in [0.25, 0.3) is 5.91 Å². The van der Waals surface area contributed by atoms with Crippen molar-refractivity contribution in [1.29, 1.82) is 0 Å². The van der Waals surface area contributed by atoms with E-state index in [0.717, 1.165) is 6.07 Å². The number of halogens is 4. The van der Waals surface area contributed by atoms with Crippen LogP contribution in [0.15, 0.2) is 22.7 Å². The molecule has 0 saturated carbocycles. The van der Waals surface area contributed by atoms with E-state index in [-0.39, 0.29) is 16.1 Å². The number of thioether (sulfide) groups is 1. The Bertz CT molecular complexity index is 479. The summed E-state index contributed by atoms with van der Waals surface area (Å²) >= 11 is 4.53. The first-order valence-electron chi connectivity index (χ1n) is 5.96. The van der Waals surface area contributed by atoms with E-state index < -0.39 is 17.6 Å². The number of hydrogen-bond donors (Lipinski definition) is 1. The fourth-order valence-electron chi connectivity index (χ4n) is 1.67. The van der Waals surface area contributed by atoms with Gasteiger partial charge in [0.1, 0.15) is 0 Å². The van der Waals surface area contributed by atoms with E-state index in [2.05, 4.69) is 21.2 Å². The van der Waals surface area contributed by atoms with Crippen LogP contribution < -0.4 is 5.32 Å². The molecule has 0 aliphatic carbocycles. The van der Waals surface area contributed by atoms with Crippen molar-refractivity contribution in [3.8, 4) is 0 Å². The first-order chi connectivity index (χ1) is 9.29. The van der Waals surface area contributed by atoms with Crippen LogP contribution in [0.2, 0.25) is 0 Å². The van der Waals surface area contributed by atoms with Gasteiger partial charge in [-0.3, -0.25) is 4.79 Å². The third kappa shape index (κ3) is 4.70. The Hall–Kier alpha value is -0.690. The number of amides is 1. The molecular formula is C13H15BrF3NOS. The molecule has 0 aliphatic heterocycles. The minimum atomic E-state index is -4.56. The van der Waals surface area contributed by atoms with Gasteiger partial charge in [-0.2, -0.15) is 24.9 Å². The normalized spacial score (nSPS) is 13.1. The van der Waals surface area contributed by atoms with Crippen LogP contribution >= 0.6 is 27.7 Å². The summed E-state index contributed by atoms with van der Waals surface area (Å²) in [7, 11) is 0. The smallest absolute Gasteiger partial charge is 0.348 e. The van der Waals surface area contributed by atoms with Crippen LogP contribution in [0.3, 0.4) is 0 Å². The van der Waals surface area contributed by atoms with Gasteiger partial charge in [0.2, 0.25) is 0 Å². The van der Waals surface area contributed by atoms with E-state index in [4.69, 9.17) is 0 Å². The maximum atomic E-state index is 13.0. The fraction of sp³-hybridized carbons (Fsp3) is 0.462. The number of carbonyl (C=O) groups excluding carboxylic acids is 1. The van der Waals surface area contributed by atoms with Gasteiger partial charge in [-0.15, -0.1) is 0 Å². The lowest BCUT2D eigenvalue weighted by Crippen LogP contribution is -2.37. The predicted molar refractivity (Wildman–Crippen MR) is 79.1 cm³/mol. The zero-order valence-corrected chi connectivity index (χ0v) is 13.5. The molecule has 7 heteroatoms. The molecule has 0 spiro atoms. The van der Waals surface area contributed by atoms with Crippen LogP contribution in [0.25, 0.3) is 0 Å². The third-order valence-corrected chi connectivity index (χ3v) is 3.96. The van der Waals surface area contributed by atoms with Crippen molar-refractivity contribution in [3.05, 3.63) is 33.8 Å². The largest absolute Gasteiger partial charge is 0.417 e. The van der Waals surface area contributed by atoms with Crippen molar-refractivity contribution in [2.45, 2.75) is 25.6 Å². The van der Waals surface area contributed by atoms with E-state index in [0.29, 0.717) is 12.2 Å². The second kappa shape index (κ2) is 7.36. The third-order valence-electron chi connectivity index (χ3n) is 2.73. The molecular weight excluding hydrogens is 355 g/mol. The molecule has 0 heterocycles. The van der Waals surface area contributed by atoms with Crippen molar-refractivity contribution >= 4 is 33.6 Å². The molecule has 0 aromatic heterocycles. The molecule has 1 aromatic rings. The van der Waals surface area contributed by atoms with E-state index in [1.807, 2.05) is 13.2 Å². The Morgan fingerprint density at radius 2 is 2.10 bits per heavy atom. The molecule has 1 amide bonds. The maximum Gasteiger partial charge on any atom is 0.417 e. The van der Waals surface area contributed by atoms with Crippen LogP contribution in [0.5, 0.6) is 0 Å². The van der Waals surface area contributed by atoms with Crippen LogP contribution in [-0.4, -0.2) is 24.0 Å². The predicted octanol–water partition coefficient (Wildman–Crippen LogP) is 4.34. The Labute approximate surface area is 128 Å². The summed E-state index contributed by atoms with van der Waals surface area (Å²) in [6.07, 6.45) is -2.00. The lowest BCUT2D eigenvalue weighted by Gasteiger charge is -2.18. The molecule has 0 bridgehead atoms. The molecule has 2 nitrogen and oxygen atoms in total. The quantitative estimate of drug-likeness (QED) is 0.836. The summed E-state index contributed by atoms with van der Waals surface area (Å²) in [4.78, 5) is 12.0. The Kier molecular flexibility index (Phi) is 6.39. The van der Waals surface area contributed by atoms with Crippen molar-refractivity contribution < 1.29 is 18.0 Å². The monoisotopic (exact) mass is 369 g/mol. The van der Waals surface area contributed by atoms with E-state index in [9.17, 15) is 18.0 Å². The van der Waals surface area contributed by atoms with Gasteiger partial charge in [0.15, 0.2) is 0 Å². The molecule has 1 N–H and O–H groups in total. The summed E-state index contributed by atoms with van der Waals surface area (Å²) in [6.45, 7) is 1.88. The van der Waals surface area contributed by atoms with Crippen LogP contribution in [0.4, 0.5) is 13.2 Å². The highest BCUT2D eigenvalue weighted by Crippen LogP contribution is 2.33. The van der Waals surface area contributed by atoms with Crippen LogP contribution in [0.1, 0.15) is 29.3 Å². The van der Waals surface area contributed by atoms with Crippen molar-refractivity contribution in [2.75, 3.05) is 12.0 Å². The van der Waals surface area contributed by atoms with Crippen molar-refractivity contribution in [2.24, 2.45) is 0 Å². The Morgan fingerprint density at radius 3 is 2.60 bits per heavy atom. The van der Waals surface area contributed by atoms with Gasteiger partial charge in [0, 0.05) is 16.3 Å². The zero-order chi connectivity index (χ0) is 15.3. The summed E-state index contributed by atoms with van der Waals surface area (Å²) < 4.78 is 39.1. The molecule has 0 saturated heterocycles. The first kappa shape index (κ1) is 17.4. The average Bonchev–Trinajstić information content (AvgIpc) is 2.36. The summed E-state index contributed by atoms with van der Waals surface area (Å²) in [5.41, 5.74) is -1.27. The lowest BCUT2D eigenvalue weighted by molar-refractivity contribution is -0.138. The molecule has 112 valence electrons. The highest BCUT2D eigenvalue weighted by atomic mass is 79.9. The molecule has 20 heavy (non-hydrogen) atoms. The second-order valence-electron chi connectivity index (χ2n) is 4.22. The van der Waals surface area contributed by atoms with Crippen LogP contribution in [0, 0.1) is 0 Å².